The standard InChI is InChI=1S/C24H25Cl2F3N6O/c1-30-23(36)21-20-15(16-10-13(25)2-4-18(16)32-20)6-8-34(21)12-14-11-31-7-9-35(14)19-5-3-17(26)22(33-19)24(27,28)29/h2-5,10,14,21,31-32H,6-9,11-12H2,1H3,(H,30,36). The Kier molecular flexibility index (Phi) is 6.80. The summed E-state index contributed by atoms with van der Waals surface area (Å²) in [6, 6.07) is 7.58. The molecule has 1 aromatic carbocycles. The van der Waals surface area contributed by atoms with E-state index in [1.165, 1.54) is 12.1 Å². The van der Waals surface area contributed by atoms with Crippen LogP contribution in [0.4, 0.5) is 19.0 Å². The Balaban J connectivity index is 1.47. The lowest BCUT2D eigenvalue weighted by Crippen LogP contribution is -2.58. The number of fused-ring (bicyclic) bond motifs is 3. The zero-order valence-corrected chi connectivity index (χ0v) is 20.9. The lowest BCUT2D eigenvalue weighted by atomic mass is 9.95. The fourth-order valence-corrected chi connectivity index (χ4v) is 5.61. The van der Waals surface area contributed by atoms with E-state index in [4.69, 9.17) is 23.2 Å². The number of amides is 1. The molecule has 12 heteroatoms. The Morgan fingerprint density at radius 2 is 2.03 bits per heavy atom. The Bertz CT molecular complexity index is 1300. The van der Waals surface area contributed by atoms with Gasteiger partial charge >= 0.3 is 6.18 Å². The number of H-pyrrole nitrogens is 1. The molecular weight excluding hydrogens is 516 g/mol. The highest BCUT2D eigenvalue weighted by molar-refractivity contribution is 6.31. The summed E-state index contributed by atoms with van der Waals surface area (Å²) in [5.41, 5.74) is 1.69. The number of likely N-dealkylation sites (N-methyl/N-ethyl adjacent to an activating group) is 1. The summed E-state index contributed by atoms with van der Waals surface area (Å²) in [6.45, 7) is 2.68. The van der Waals surface area contributed by atoms with E-state index in [9.17, 15) is 18.0 Å². The van der Waals surface area contributed by atoms with Gasteiger partial charge in [0, 0.05) is 61.4 Å². The monoisotopic (exact) mass is 540 g/mol. The van der Waals surface area contributed by atoms with Gasteiger partial charge in [0.25, 0.3) is 0 Å². The number of carbonyl (C=O) groups excluding carboxylic acids is 1. The van der Waals surface area contributed by atoms with Gasteiger partial charge in [-0.3, -0.25) is 9.69 Å². The summed E-state index contributed by atoms with van der Waals surface area (Å²) >= 11 is 12.0. The number of piperazine rings is 1. The summed E-state index contributed by atoms with van der Waals surface area (Å²) in [7, 11) is 1.60. The number of carbonyl (C=O) groups is 1. The van der Waals surface area contributed by atoms with E-state index in [1.807, 2.05) is 17.0 Å². The molecule has 0 spiro atoms. The summed E-state index contributed by atoms with van der Waals surface area (Å²) in [5.74, 6) is 0.0561. The number of anilines is 1. The maximum Gasteiger partial charge on any atom is 0.434 e. The number of hydrogen-bond acceptors (Lipinski definition) is 5. The van der Waals surface area contributed by atoms with E-state index in [0.29, 0.717) is 44.2 Å². The normalized spacial score (nSPS) is 21.0. The average molecular weight is 541 g/mol. The molecule has 36 heavy (non-hydrogen) atoms. The molecule has 192 valence electrons. The molecule has 0 bridgehead atoms. The number of rotatable bonds is 4. The summed E-state index contributed by atoms with van der Waals surface area (Å²) in [4.78, 5) is 24.3. The minimum atomic E-state index is -4.65. The highest BCUT2D eigenvalue weighted by Crippen LogP contribution is 2.37. The van der Waals surface area contributed by atoms with Crippen molar-refractivity contribution in [1.82, 2.24) is 25.5 Å². The van der Waals surface area contributed by atoms with Gasteiger partial charge in [0.2, 0.25) is 5.91 Å². The summed E-state index contributed by atoms with van der Waals surface area (Å²) in [5, 5.41) is 7.27. The SMILES string of the molecule is CNC(=O)C1c2[nH]c3ccc(Cl)cc3c2CCN1CC1CNCCN1c1ccc(Cl)c(C(F)(F)F)n1. The molecule has 2 atom stereocenters. The molecule has 2 unspecified atom stereocenters. The van der Waals surface area contributed by atoms with Gasteiger partial charge in [-0.1, -0.05) is 23.2 Å². The number of benzene rings is 1. The molecule has 7 nitrogen and oxygen atoms in total. The van der Waals surface area contributed by atoms with Gasteiger partial charge in [-0.05, 0) is 42.3 Å². The molecule has 4 heterocycles. The molecular formula is C24H25Cl2F3N6O. The Labute approximate surface area is 215 Å². The lowest BCUT2D eigenvalue weighted by Gasteiger charge is -2.43. The number of pyridine rings is 1. The number of aromatic nitrogens is 2. The predicted octanol–water partition coefficient (Wildman–Crippen LogP) is 4.01. The van der Waals surface area contributed by atoms with Crippen LogP contribution in [-0.2, 0) is 17.4 Å². The van der Waals surface area contributed by atoms with Crippen molar-refractivity contribution in [3.63, 3.8) is 0 Å². The molecule has 2 aliphatic heterocycles. The van der Waals surface area contributed by atoms with Gasteiger partial charge < -0.3 is 20.5 Å². The minimum Gasteiger partial charge on any atom is -0.357 e. The van der Waals surface area contributed by atoms with Crippen LogP contribution >= 0.6 is 23.2 Å². The van der Waals surface area contributed by atoms with Crippen LogP contribution < -0.4 is 15.5 Å². The first kappa shape index (κ1) is 25.1. The smallest absolute Gasteiger partial charge is 0.357 e. The van der Waals surface area contributed by atoms with Gasteiger partial charge in [-0.2, -0.15) is 13.2 Å². The summed E-state index contributed by atoms with van der Waals surface area (Å²) in [6.07, 6.45) is -3.94. The van der Waals surface area contributed by atoms with Crippen molar-refractivity contribution >= 4 is 45.8 Å². The molecule has 3 N–H and O–H groups in total. The second-order valence-electron chi connectivity index (χ2n) is 9.02. The second-order valence-corrected chi connectivity index (χ2v) is 9.86. The van der Waals surface area contributed by atoms with Crippen molar-refractivity contribution < 1.29 is 18.0 Å². The van der Waals surface area contributed by atoms with Crippen molar-refractivity contribution in [3.8, 4) is 0 Å². The molecule has 3 aromatic rings. The van der Waals surface area contributed by atoms with Gasteiger partial charge in [-0.15, -0.1) is 0 Å². The van der Waals surface area contributed by atoms with Crippen LogP contribution in [0.2, 0.25) is 10.0 Å². The largest absolute Gasteiger partial charge is 0.434 e. The van der Waals surface area contributed by atoms with Gasteiger partial charge in [0.15, 0.2) is 5.69 Å². The van der Waals surface area contributed by atoms with E-state index >= 15 is 0 Å². The maximum absolute atomic E-state index is 13.5. The third kappa shape index (κ3) is 4.63. The number of nitrogens with zero attached hydrogens (tertiary/aromatic N) is 3. The van der Waals surface area contributed by atoms with Crippen LogP contribution in [0.25, 0.3) is 10.9 Å². The Morgan fingerprint density at radius 1 is 1.22 bits per heavy atom. The van der Waals surface area contributed by atoms with E-state index in [2.05, 4.69) is 25.5 Å². The topological polar surface area (TPSA) is 76.3 Å². The molecule has 2 aliphatic rings. The minimum absolute atomic E-state index is 0.159. The molecule has 0 aliphatic carbocycles. The van der Waals surface area contributed by atoms with Crippen LogP contribution in [0, 0.1) is 0 Å². The zero-order chi connectivity index (χ0) is 25.6. The van der Waals surface area contributed by atoms with Crippen molar-refractivity contribution in [2.45, 2.75) is 24.7 Å². The van der Waals surface area contributed by atoms with Crippen molar-refractivity contribution in [3.05, 3.63) is 57.3 Å². The lowest BCUT2D eigenvalue weighted by molar-refractivity contribution is -0.141. The quantitative estimate of drug-likeness (QED) is 0.466. The number of alkyl halides is 3. The van der Waals surface area contributed by atoms with E-state index < -0.39 is 22.9 Å². The first-order valence-corrected chi connectivity index (χ1v) is 12.4. The van der Waals surface area contributed by atoms with E-state index in [1.54, 1.807) is 13.1 Å². The van der Waals surface area contributed by atoms with Crippen LogP contribution in [0.3, 0.4) is 0 Å². The van der Waals surface area contributed by atoms with E-state index in [0.717, 1.165) is 22.2 Å². The molecule has 2 aromatic heterocycles. The van der Waals surface area contributed by atoms with Crippen LogP contribution in [0.5, 0.6) is 0 Å². The average Bonchev–Trinajstić information content (AvgIpc) is 3.21. The second kappa shape index (κ2) is 9.74. The van der Waals surface area contributed by atoms with Crippen LogP contribution in [0.15, 0.2) is 30.3 Å². The molecule has 0 radical (unpaired) electrons. The number of nitrogens with one attached hydrogen (secondary N) is 3. The van der Waals surface area contributed by atoms with Crippen molar-refractivity contribution in [1.29, 1.82) is 0 Å². The molecule has 0 saturated carbocycles. The van der Waals surface area contributed by atoms with Crippen LogP contribution in [-0.4, -0.2) is 66.6 Å². The third-order valence-corrected chi connectivity index (χ3v) is 7.41. The molecule has 1 amide bonds. The Hall–Kier alpha value is -2.53. The van der Waals surface area contributed by atoms with Crippen molar-refractivity contribution in [2.24, 2.45) is 0 Å². The number of aromatic amines is 1. The van der Waals surface area contributed by atoms with Gasteiger partial charge in [0.1, 0.15) is 11.9 Å². The molecule has 1 fully saturated rings. The fraction of sp³-hybridized carbons (Fsp3) is 0.417. The predicted molar refractivity (Wildman–Crippen MR) is 134 cm³/mol. The molecule has 5 rings (SSSR count). The van der Waals surface area contributed by atoms with Crippen molar-refractivity contribution in [2.75, 3.05) is 44.7 Å². The first-order chi connectivity index (χ1) is 17.2. The number of halogens is 5. The third-order valence-electron chi connectivity index (χ3n) is 6.87. The Morgan fingerprint density at radius 3 is 2.78 bits per heavy atom. The van der Waals surface area contributed by atoms with E-state index in [-0.39, 0.29) is 17.8 Å². The number of hydrogen-bond donors (Lipinski definition) is 3. The maximum atomic E-state index is 13.5. The first-order valence-electron chi connectivity index (χ1n) is 11.6. The fourth-order valence-electron chi connectivity index (χ4n) is 5.23. The highest BCUT2D eigenvalue weighted by Gasteiger charge is 2.39. The van der Waals surface area contributed by atoms with Gasteiger partial charge in [0.05, 0.1) is 11.1 Å². The van der Waals surface area contributed by atoms with Gasteiger partial charge in [-0.25, -0.2) is 4.98 Å². The zero-order valence-electron chi connectivity index (χ0n) is 19.4. The summed E-state index contributed by atoms with van der Waals surface area (Å²) < 4.78 is 40.4. The van der Waals surface area contributed by atoms with Crippen LogP contribution in [0.1, 0.15) is 23.0 Å². The molecule has 1 saturated heterocycles. The highest BCUT2D eigenvalue weighted by atomic mass is 35.5.